The van der Waals surface area contributed by atoms with Crippen LogP contribution in [0.25, 0.3) is 0 Å². The average Bonchev–Trinajstić information content (AvgIpc) is 3.14. The summed E-state index contributed by atoms with van der Waals surface area (Å²) in [4.78, 5) is 23.9. The molecule has 2 atom stereocenters. The second-order valence-corrected chi connectivity index (χ2v) is 6.92. The number of nitrogens with one attached hydrogen (secondary N) is 1. The van der Waals surface area contributed by atoms with Crippen LogP contribution < -0.4 is 5.32 Å². The summed E-state index contributed by atoms with van der Waals surface area (Å²) in [5.41, 5.74) is 1.02. The van der Waals surface area contributed by atoms with Gasteiger partial charge in [-0.3, -0.25) is 0 Å². The van der Waals surface area contributed by atoms with Crippen molar-refractivity contribution in [3.63, 3.8) is 0 Å². The van der Waals surface area contributed by atoms with Gasteiger partial charge >= 0.3 is 6.03 Å². The zero-order valence-corrected chi connectivity index (χ0v) is 15.2. The highest BCUT2D eigenvalue weighted by atomic mass is 32.1. The number of aryl methyl sites for hydroxylation is 2. The molecule has 0 bridgehead atoms. The minimum atomic E-state index is -0.0732. The number of hydrogen-bond acceptors (Lipinski definition) is 4. The van der Waals surface area contributed by atoms with Gasteiger partial charge in [-0.05, 0) is 27.2 Å². The second kappa shape index (κ2) is 7.59. The van der Waals surface area contributed by atoms with E-state index in [1.165, 1.54) is 0 Å². The number of hydrogen-bond donors (Lipinski definition) is 1. The number of imidazole rings is 1. The highest BCUT2D eigenvalue weighted by molar-refractivity contribution is 7.11. The Hall–Kier alpha value is -1.89. The molecular weight excluding hydrogens is 310 g/mol. The van der Waals surface area contributed by atoms with Gasteiger partial charge in [0.05, 0.1) is 23.1 Å². The molecule has 2 aromatic rings. The maximum absolute atomic E-state index is 12.5. The topological polar surface area (TPSA) is 63.1 Å². The van der Waals surface area contributed by atoms with E-state index >= 15 is 0 Å². The molecular formula is C16H25N5OS. The van der Waals surface area contributed by atoms with Crippen LogP contribution in [-0.2, 0) is 13.0 Å². The summed E-state index contributed by atoms with van der Waals surface area (Å²) < 4.78 is 1.95. The zero-order chi connectivity index (χ0) is 17.0. The van der Waals surface area contributed by atoms with Crippen molar-refractivity contribution in [3.05, 3.63) is 34.3 Å². The largest absolute Gasteiger partial charge is 0.335 e. The van der Waals surface area contributed by atoms with E-state index in [4.69, 9.17) is 0 Å². The minimum absolute atomic E-state index is 0.00763. The Morgan fingerprint density at radius 3 is 2.78 bits per heavy atom. The maximum atomic E-state index is 12.5. The van der Waals surface area contributed by atoms with Gasteiger partial charge in [-0.15, -0.1) is 11.3 Å². The first kappa shape index (κ1) is 17.5. The number of carbonyl (C=O) groups is 1. The lowest BCUT2D eigenvalue weighted by molar-refractivity contribution is 0.190. The molecule has 0 saturated carbocycles. The molecule has 2 rings (SSSR count). The Labute approximate surface area is 141 Å². The second-order valence-electron chi connectivity index (χ2n) is 5.81. The number of amides is 2. The molecule has 0 unspecified atom stereocenters. The first-order valence-electron chi connectivity index (χ1n) is 7.87. The van der Waals surface area contributed by atoms with Gasteiger partial charge in [-0.2, -0.15) is 0 Å². The third-order valence-corrected chi connectivity index (χ3v) is 5.35. The Morgan fingerprint density at radius 2 is 2.22 bits per heavy atom. The highest BCUT2D eigenvalue weighted by Gasteiger charge is 2.22. The molecule has 0 aromatic carbocycles. The zero-order valence-electron chi connectivity index (χ0n) is 14.4. The van der Waals surface area contributed by atoms with Gasteiger partial charge in [0.15, 0.2) is 0 Å². The molecule has 0 spiro atoms. The van der Waals surface area contributed by atoms with Crippen LogP contribution in [0.3, 0.4) is 0 Å². The van der Waals surface area contributed by atoms with Crippen LogP contribution in [0.4, 0.5) is 4.79 Å². The lowest BCUT2D eigenvalue weighted by Crippen LogP contribution is -2.44. The maximum Gasteiger partial charge on any atom is 0.317 e. The van der Waals surface area contributed by atoms with Gasteiger partial charge in [-0.1, -0.05) is 6.92 Å². The van der Waals surface area contributed by atoms with Crippen LogP contribution in [0.1, 0.15) is 42.4 Å². The number of carbonyl (C=O) groups excluding carboxylic acids is 1. The SMILES string of the molecule is CCc1nc(C)c([C@@H](C)N(C)C(=O)N[C@@H](C)Cn2ccnc2)s1. The van der Waals surface area contributed by atoms with E-state index in [9.17, 15) is 4.79 Å². The van der Waals surface area contributed by atoms with Crippen LogP contribution in [0.5, 0.6) is 0 Å². The normalized spacial score (nSPS) is 13.6. The van der Waals surface area contributed by atoms with Gasteiger partial charge in [0, 0.05) is 36.9 Å². The van der Waals surface area contributed by atoms with E-state index in [-0.39, 0.29) is 18.1 Å². The summed E-state index contributed by atoms with van der Waals surface area (Å²) in [7, 11) is 1.83. The van der Waals surface area contributed by atoms with E-state index in [1.54, 1.807) is 28.8 Å². The third kappa shape index (κ3) is 4.31. The molecule has 6 nitrogen and oxygen atoms in total. The molecule has 23 heavy (non-hydrogen) atoms. The predicted molar refractivity (Wildman–Crippen MR) is 92.6 cm³/mol. The lowest BCUT2D eigenvalue weighted by Gasteiger charge is -2.26. The third-order valence-electron chi connectivity index (χ3n) is 3.87. The number of nitrogens with zero attached hydrogens (tertiary/aromatic N) is 4. The molecule has 0 fully saturated rings. The van der Waals surface area contributed by atoms with E-state index < -0.39 is 0 Å². The Morgan fingerprint density at radius 1 is 1.48 bits per heavy atom. The van der Waals surface area contributed by atoms with E-state index in [0.717, 1.165) is 22.0 Å². The van der Waals surface area contributed by atoms with Gasteiger partial charge in [0.25, 0.3) is 0 Å². The summed E-state index contributed by atoms with van der Waals surface area (Å²) in [6.45, 7) is 8.84. The van der Waals surface area contributed by atoms with Crippen molar-refractivity contribution in [1.29, 1.82) is 0 Å². The Bertz CT molecular complexity index is 637. The first-order chi connectivity index (χ1) is 10.9. The molecule has 126 valence electrons. The number of thiazole rings is 1. The van der Waals surface area contributed by atoms with Crippen LogP contribution in [0, 0.1) is 6.92 Å². The van der Waals surface area contributed by atoms with Crippen molar-refractivity contribution in [2.24, 2.45) is 0 Å². The van der Waals surface area contributed by atoms with Crippen LogP contribution in [0.2, 0.25) is 0 Å². The predicted octanol–water partition coefficient (Wildman–Crippen LogP) is 3.00. The average molecular weight is 335 g/mol. The fraction of sp³-hybridized carbons (Fsp3) is 0.562. The van der Waals surface area contributed by atoms with Crippen molar-refractivity contribution in [3.8, 4) is 0 Å². The summed E-state index contributed by atoms with van der Waals surface area (Å²) in [6.07, 6.45) is 6.31. The van der Waals surface area contributed by atoms with E-state index in [2.05, 4.69) is 22.2 Å². The first-order valence-corrected chi connectivity index (χ1v) is 8.69. The van der Waals surface area contributed by atoms with Crippen molar-refractivity contribution in [2.75, 3.05) is 7.05 Å². The minimum Gasteiger partial charge on any atom is -0.335 e. The van der Waals surface area contributed by atoms with E-state index in [1.807, 2.05) is 38.6 Å². The van der Waals surface area contributed by atoms with Crippen molar-refractivity contribution in [1.82, 2.24) is 24.8 Å². The van der Waals surface area contributed by atoms with Crippen molar-refractivity contribution < 1.29 is 4.79 Å². The summed E-state index contributed by atoms with van der Waals surface area (Å²) in [5, 5.41) is 4.15. The smallest absolute Gasteiger partial charge is 0.317 e. The summed E-state index contributed by atoms with van der Waals surface area (Å²) in [5.74, 6) is 0. The summed E-state index contributed by atoms with van der Waals surface area (Å²) in [6, 6.07) is -0.0377. The van der Waals surface area contributed by atoms with Crippen LogP contribution >= 0.6 is 11.3 Å². The van der Waals surface area contributed by atoms with Crippen molar-refractivity contribution >= 4 is 17.4 Å². The molecule has 7 heteroatoms. The summed E-state index contributed by atoms with van der Waals surface area (Å²) >= 11 is 1.69. The number of urea groups is 1. The number of aromatic nitrogens is 3. The van der Waals surface area contributed by atoms with Crippen LogP contribution in [-0.4, -0.2) is 38.6 Å². The fourth-order valence-electron chi connectivity index (χ4n) is 2.43. The standard InChI is InChI=1S/C16H25N5OS/c1-6-14-19-12(3)15(23-14)13(4)20(5)16(22)18-11(2)9-21-8-7-17-10-21/h7-8,10-11,13H,6,9H2,1-5H3,(H,18,22)/t11-,13+/m0/s1. The van der Waals surface area contributed by atoms with Gasteiger partial charge in [0.1, 0.15) is 0 Å². The van der Waals surface area contributed by atoms with Crippen LogP contribution in [0.15, 0.2) is 18.7 Å². The Kier molecular flexibility index (Phi) is 5.76. The molecule has 2 aromatic heterocycles. The number of rotatable bonds is 6. The highest BCUT2D eigenvalue weighted by Crippen LogP contribution is 2.28. The fourth-order valence-corrected chi connectivity index (χ4v) is 3.53. The molecule has 0 aliphatic heterocycles. The van der Waals surface area contributed by atoms with E-state index in [0.29, 0.717) is 6.54 Å². The monoisotopic (exact) mass is 335 g/mol. The van der Waals surface area contributed by atoms with Gasteiger partial charge in [-0.25, -0.2) is 14.8 Å². The molecule has 0 aliphatic rings. The molecule has 2 heterocycles. The van der Waals surface area contributed by atoms with Gasteiger partial charge in [0.2, 0.25) is 0 Å². The molecule has 0 radical (unpaired) electrons. The lowest BCUT2D eigenvalue weighted by atomic mass is 10.2. The Balaban J connectivity index is 1.96. The van der Waals surface area contributed by atoms with Gasteiger partial charge < -0.3 is 14.8 Å². The molecule has 0 aliphatic carbocycles. The quantitative estimate of drug-likeness (QED) is 0.882. The molecule has 2 amide bonds. The molecule has 1 N–H and O–H groups in total. The van der Waals surface area contributed by atoms with Crippen molar-refractivity contribution in [2.45, 2.75) is 52.7 Å². The molecule has 0 saturated heterocycles.